The first kappa shape index (κ1) is 33.1. The number of benzene rings is 4. The van der Waals surface area contributed by atoms with E-state index in [1.165, 1.54) is 48.5 Å². The maximum Gasteiger partial charge on any atom is 2.00 e. The number of carbonyl (C=O) groups is 4. The Balaban J connectivity index is 0.00000400. The summed E-state index contributed by atoms with van der Waals surface area (Å²) in [6.07, 6.45) is 0. The van der Waals surface area contributed by atoms with Crippen molar-refractivity contribution < 1.29 is 56.4 Å². The van der Waals surface area contributed by atoms with Crippen molar-refractivity contribution in [2.75, 3.05) is 0 Å². The fourth-order valence-corrected chi connectivity index (χ4v) is 6.85. The van der Waals surface area contributed by atoms with Gasteiger partial charge in [-0.1, -0.05) is 24.3 Å². The molecule has 4 N–H and O–H groups in total. The number of hydrogen-bond donors (Lipinski definition) is 4. The Morgan fingerprint density at radius 2 is 0.679 bits per heavy atom. The van der Waals surface area contributed by atoms with Crippen molar-refractivity contribution in [1.82, 2.24) is 19.9 Å². The van der Waals surface area contributed by atoms with Gasteiger partial charge in [0.05, 0.1) is 45.0 Å². The number of aromatic nitrogens is 4. The van der Waals surface area contributed by atoms with Crippen molar-refractivity contribution in [2.45, 2.75) is 0 Å². The standard InChI is InChI=1S/C40H22N4O8.Co/c45-37(46)17-1-5-21-25(9-17)33-14-30-23-7-3-19(39(49)50)11-27(23)35(43-30)16-32-24-8-4-20(40(51)52)12-28(24)36(44-32)15-31-22-6-2-18(38(47)48)10-26(22)34(42-31)13-29(21)41-33;/h1-16H,(H6,41,42,43,44,45,46,47,48,49,50,51,52);/q;+2/p-2. The largest absolute Gasteiger partial charge is 2.00 e. The van der Waals surface area contributed by atoms with Crippen molar-refractivity contribution in [3.8, 4) is 45.0 Å². The van der Waals surface area contributed by atoms with Crippen LogP contribution in [-0.2, 0) is 16.8 Å². The second-order valence-electron chi connectivity index (χ2n) is 12.4. The number of nitrogens with zero attached hydrogens (tertiary/aromatic N) is 4. The Kier molecular flexibility index (Phi) is 7.49. The van der Waals surface area contributed by atoms with Gasteiger partial charge in [0.25, 0.3) is 0 Å². The number of carboxylic acids is 4. The Labute approximate surface area is 307 Å². The van der Waals surface area contributed by atoms with Crippen molar-refractivity contribution in [3.63, 3.8) is 0 Å². The normalized spacial score (nSPS) is 11.5. The maximum atomic E-state index is 12.0. The van der Waals surface area contributed by atoms with Gasteiger partial charge in [0.2, 0.25) is 0 Å². The molecular formula is C40H20CoN4O8. The summed E-state index contributed by atoms with van der Waals surface area (Å²) in [5.74, 6) is -4.49. The first-order valence-electron chi connectivity index (χ1n) is 15.8. The monoisotopic (exact) mass is 743 g/mol. The SMILES string of the molecule is O=C(O)c1ccc2c(c1)-c1cc3[n-]c(cc4nc(cc5[n-]c(cc-2n1)c1cc(C(=O)O)ccc51)-c1cc(C(=O)O)ccc1-4)c1cc(C(=O)O)ccc31.[Co+2]. The van der Waals surface area contributed by atoms with Crippen LogP contribution in [0, 0.1) is 0 Å². The average molecular weight is 744 g/mol. The van der Waals surface area contributed by atoms with Crippen molar-refractivity contribution >= 4 is 67.5 Å². The molecular weight excluding hydrogens is 723 g/mol. The van der Waals surface area contributed by atoms with Crippen molar-refractivity contribution in [3.05, 3.63) is 119 Å². The molecule has 0 amide bonds. The average Bonchev–Trinajstić information content (AvgIpc) is 3.85. The van der Waals surface area contributed by atoms with E-state index in [0.717, 1.165) is 0 Å². The van der Waals surface area contributed by atoms with Gasteiger partial charge in [-0.05, 0) is 94.3 Å². The molecule has 2 aliphatic rings. The minimum atomic E-state index is -1.12. The second kappa shape index (κ2) is 12.0. The van der Waals surface area contributed by atoms with Crippen LogP contribution in [0.5, 0.6) is 0 Å². The number of aromatic carboxylic acids is 4. The van der Waals surface area contributed by atoms with Gasteiger partial charge in [0.1, 0.15) is 0 Å². The Morgan fingerprint density at radius 3 is 1.04 bits per heavy atom. The zero-order chi connectivity index (χ0) is 36.0. The minimum absolute atomic E-state index is 0. The third-order valence-corrected chi connectivity index (χ3v) is 9.33. The zero-order valence-corrected chi connectivity index (χ0v) is 27.8. The van der Waals surface area contributed by atoms with Gasteiger partial charge >= 0.3 is 40.7 Å². The topological polar surface area (TPSA) is 203 Å². The second-order valence-corrected chi connectivity index (χ2v) is 12.4. The summed E-state index contributed by atoms with van der Waals surface area (Å²) in [7, 11) is 0. The number of hydrogen-bond acceptors (Lipinski definition) is 6. The van der Waals surface area contributed by atoms with E-state index in [2.05, 4.69) is 0 Å². The third-order valence-electron chi connectivity index (χ3n) is 9.33. The Morgan fingerprint density at radius 1 is 0.377 bits per heavy atom. The molecule has 0 spiro atoms. The van der Waals surface area contributed by atoms with Crippen LogP contribution in [0.25, 0.3) is 88.6 Å². The fourth-order valence-electron chi connectivity index (χ4n) is 6.85. The molecule has 9 rings (SSSR count). The predicted molar refractivity (Wildman–Crippen MR) is 191 cm³/mol. The van der Waals surface area contributed by atoms with Gasteiger partial charge in [-0.15, -0.1) is 22.1 Å². The molecule has 0 aliphatic carbocycles. The summed E-state index contributed by atoms with van der Waals surface area (Å²) < 4.78 is 0. The van der Waals surface area contributed by atoms with E-state index in [1.54, 1.807) is 48.5 Å². The summed E-state index contributed by atoms with van der Waals surface area (Å²) in [4.78, 5) is 67.7. The third kappa shape index (κ3) is 5.30. The number of fused-ring (bicyclic) bond motifs is 20. The summed E-state index contributed by atoms with van der Waals surface area (Å²) in [5, 5.41) is 41.6. The summed E-state index contributed by atoms with van der Waals surface area (Å²) in [6.45, 7) is 0. The van der Waals surface area contributed by atoms with E-state index in [9.17, 15) is 39.6 Å². The summed E-state index contributed by atoms with van der Waals surface area (Å²) in [6, 6.07) is 25.4. The molecule has 3 aromatic heterocycles. The first-order chi connectivity index (χ1) is 25.0. The summed E-state index contributed by atoms with van der Waals surface area (Å²) >= 11 is 0. The molecule has 0 fully saturated rings. The number of rotatable bonds is 4. The van der Waals surface area contributed by atoms with Gasteiger partial charge in [-0.25, -0.2) is 29.1 Å². The fraction of sp³-hybridized carbons (Fsp3) is 0. The molecule has 1 radical (unpaired) electrons. The smallest absolute Gasteiger partial charge is 0.657 e. The molecule has 4 aromatic carbocycles. The molecule has 8 bridgehead atoms. The van der Waals surface area contributed by atoms with E-state index in [1.807, 2.05) is 0 Å². The molecule has 0 saturated carbocycles. The van der Waals surface area contributed by atoms with Crippen LogP contribution in [0.2, 0.25) is 0 Å². The van der Waals surface area contributed by atoms with Crippen LogP contribution in [-0.4, -0.2) is 54.3 Å². The van der Waals surface area contributed by atoms with E-state index in [0.29, 0.717) is 88.6 Å². The molecule has 7 aromatic rings. The molecule has 0 unspecified atom stereocenters. The maximum absolute atomic E-state index is 12.0. The quantitative estimate of drug-likeness (QED) is 0.140. The predicted octanol–water partition coefficient (Wildman–Crippen LogP) is 7.34. The van der Waals surface area contributed by atoms with E-state index >= 15 is 0 Å². The van der Waals surface area contributed by atoms with Crippen LogP contribution >= 0.6 is 0 Å². The van der Waals surface area contributed by atoms with Gasteiger partial charge < -0.3 is 30.4 Å². The van der Waals surface area contributed by atoms with Crippen molar-refractivity contribution in [1.29, 1.82) is 0 Å². The minimum Gasteiger partial charge on any atom is -0.657 e. The number of carboxylic acid groups (broad SMARTS) is 4. The van der Waals surface area contributed by atoms with E-state index in [4.69, 9.17) is 19.9 Å². The van der Waals surface area contributed by atoms with Gasteiger partial charge in [-0.2, -0.15) is 0 Å². The van der Waals surface area contributed by atoms with E-state index < -0.39 is 23.9 Å². The Bertz CT molecular complexity index is 2800. The van der Waals surface area contributed by atoms with Crippen LogP contribution in [0.4, 0.5) is 0 Å². The van der Waals surface area contributed by atoms with Crippen LogP contribution in [0.1, 0.15) is 41.4 Å². The van der Waals surface area contributed by atoms with Crippen LogP contribution in [0.15, 0.2) is 97.1 Å². The molecule has 0 saturated heterocycles. The van der Waals surface area contributed by atoms with Crippen LogP contribution in [0.3, 0.4) is 0 Å². The van der Waals surface area contributed by atoms with Crippen molar-refractivity contribution in [2.24, 2.45) is 0 Å². The Hall–Kier alpha value is -7.09. The molecule has 2 aliphatic heterocycles. The molecule has 13 heteroatoms. The molecule has 5 heterocycles. The summed E-state index contributed by atoms with van der Waals surface area (Å²) in [5.41, 5.74) is 5.83. The molecule has 0 atom stereocenters. The van der Waals surface area contributed by atoms with Gasteiger partial charge in [0.15, 0.2) is 0 Å². The van der Waals surface area contributed by atoms with Crippen LogP contribution < -0.4 is 9.97 Å². The first-order valence-corrected chi connectivity index (χ1v) is 15.8. The molecule has 257 valence electrons. The van der Waals surface area contributed by atoms with Gasteiger partial charge in [-0.3, -0.25) is 0 Å². The van der Waals surface area contributed by atoms with E-state index in [-0.39, 0.29) is 39.0 Å². The zero-order valence-electron chi connectivity index (χ0n) is 26.8. The molecule has 12 nitrogen and oxygen atoms in total. The molecule has 53 heavy (non-hydrogen) atoms. The van der Waals surface area contributed by atoms with Gasteiger partial charge in [0, 0.05) is 22.3 Å².